The van der Waals surface area contributed by atoms with E-state index in [1.807, 2.05) is 12.1 Å². The monoisotopic (exact) mass is 341 g/mol. The van der Waals surface area contributed by atoms with Crippen molar-refractivity contribution in [2.45, 2.75) is 25.9 Å². The summed E-state index contributed by atoms with van der Waals surface area (Å²) in [5, 5.41) is 3.70. The van der Waals surface area contributed by atoms with Gasteiger partial charge < -0.3 is 4.40 Å². The number of fused-ring (bicyclic) bond motifs is 2. The molecule has 1 aromatic carbocycles. The zero-order valence-electron chi connectivity index (χ0n) is 12.0. The molecular formula is C17H16BrN3. The lowest BCUT2D eigenvalue weighted by Gasteiger charge is -2.14. The van der Waals surface area contributed by atoms with Crippen LogP contribution in [0.5, 0.6) is 0 Å². The maximum atomic E-state index is 4.70. The van der Waals surface area contributed by atoms with Crippen LogP contribution in [0.1, 0.15) is 41.5 Å². The van der Waals surface area contributed by atoms with E-state index in [9.17, 15) is 0 Å². The van der Waals surface area contributed by atoms with Crippen molar-refractivity contribution in [1.29, 1.82) is 0 Å². The molecule has 106 valence electrons. The summed E-state index contributed by atoms with van der Waals surface area (Å²) in [5.41, 5.74) is 6.03. The maximum Gasteiger partial charge on any atom is 0.137 e. The molecule has 0 unspecified atom stereocenters. The van der Waals surface area contributed by atoms with Crippen molar-refractivity contribution in [3.8, 4) is 0 Å². The summed E-state index contributed by atoms with van der Waals surface area (Å²) in [6.45, 7) is 4.30. The molecule has 0 saturated carbocycles. The van der Waals surface area contributed by atoms with Crippen LogP contribution < -0.4 is 5.32 Å². The van der Waals surface area contributed by atoms with E-state index in [1.54, 1.807) is 0 Å². The summed E-state index contributed by atoms with van der Waals surface area (Å²) < 4.78 is 3.25. The Labute approximate surface area is 132 Å². The van der Waals surface area contributed by atoms with Crippen LogP contribution in [0.25, 0.3) is 5.65 Å². The normalized spacial score (nSPS) is 20.9. The van der Waals surface area contributed by atoms with Gasteiger partial charge in [-0.25, -0.2) is 4.98 Å². The van der Waals surface area contributed by atoms with Gasteiger partial charge in [-0.2, -0.15) is 0 Å². The fourth-order valence-electron chi connectivity index (χ4n) is 3.33. The van der Waals surface area contributed by atoms with E-state index < -0.39 is 0 Å². The van der Waals surface area contributed by atoms with Gasteiger partial charge >= 0.3 is 0 Å². The molecule has 0 bridgehead atoms. The number of aryl methyl sites for hydroxylation is 1. The van der Waals surface area contributed by atoms with Crippen molar-refractivity contribution in [3.63, 3.8) is 0 Å². The van der Waals surface area contributed by atoms with Crippen LogP contribution in [-0.2, 0) is 0 Å². The van der Waals surface area contributed by atoms with Gasteiger partial charge in [0.15, 0.2) is 0 Å². The topological polar surface area (TPSA) is 29.3 Å². The van der Waals surface area contributed by atoms with E-state index in [0.29, 0.717) is 6.04 Å². The van der Waals surface area contributed by atoms with E-state index in [0.717, 1.165) is 15.8 Å². The molecule has 0 fully saturated rings. The van der Waals surface area contributed by atoms with Gasteiger partial charge in [-0.05, 0) is 53.0 Å². The minimum Gasteiger partial charge on any atom is -0.301 e. The number of hydrogen-bond donors (Lipinski definition) is 1. The SMILES string of the molecule is Cc1nc2ccc(Br)cn2c1[C@H]1N[C@H](C)c2ccccc21. The molecule has 1 aliphatic heterocycles. The molecule has 1 aliphatic rings. The molecule has 2 atom stereocenters. The number of nitrogens with one attached hydrogen (secondary N) is 1. The lowest BCUT2D eigenvalue weighted by Crippen LogP contribution is -2.19. The van der Waals surface area contributed by atoms with Gasteiger partial charge in [0, 0.05) is 16.7 Å². The summed E-state index contributed by atoms with van der Waals surface area (Å²) in [4.78, 5) is 4.70. The first-order valence-electron chi connectivity index (χ1n) is 7.14. The van der Waals surface area contributed by atoms with Crippen LogP contribution in [0.4, 0.5) is 0 Å². The van der Waals surface area contributed by atoms with Gasteiger partial charge in [-0.3, -0.25) is 5.32 Å². The van der Waals surface area contributed by atoms with Crippen molar-refractivity contribution in [1.82, 2.24) is 14.7 Å². The van der Waals surface area contributed by atoms with Crippen molar-refractivity contribution >= 4 is 21.6 Å². The second-order valence-electron chi connectivity index (χ2n) is 5.61. The Morgan fingerprint density at radius 3 is 2.71 bits per heavy atom. The van der Waals surface area contributed by atoms with E-state index in [2.05, 4.69) is 70.0 Å². The van der Waals surface area contributed by atoms with Crippen LogP contribution >= 0.6 is 15.9 Å². The summed E-state index contributed by atoms with van der Waals surface area (Å²) in [5.74, 6) is 0. The largest absolute Gasteiger partial charge is 0.301 e. The quantitative estimate of drug-likeness (QED) is 0.720. The smallest absolute Gasteiger partial charge is 0.137 e. The van der Waals surface area contributed by atoms with Crippen LogP contribution in [-0.4, -0.2) is 9.38 Å². The standard InChI is InChI=1S/C17H16BrN3/c1-10-13-5-3-4-6-14(13)16(20-10)17-11(2)19-15-8-7-12(18)9-21(15)17/h3-10,16,20H,1-2H3/t10-,16+/m1/s1. The minimum atomic E-state index is 0.195. The molecule has 0 saturated heterocycles. The van der Waals surface area contributed by atoms with Crippen LogP contribution in [0, 0.1) is 6.92 Å². The maximum absolute atomic E-state index is 4.70. The molecule has 3 aromatic rings. The summed E-state index contributed by atoms with van der Waals surface area (Å²) >= 11 is 3.56. The number of pyridine rings is 1. The number of nitrogens with zero attached hydrogens (tertiary/aromatic N) is 2. The van der Waals surface area contributed by atoms with Gasteiger partial charge in [-0.15, -0.1) is 0 Å². The fraction of sp³-hybridized carbons (Fsp3) is 0.235. The molecule has 21 heavy (non-hydrogen) atoms. The lowest BCUT2D eigenvalue weighted by atomic mass is 10.00. The molecule has 0 amide bonds. The first-order chi connectivity index (χ1) is 10.1. The average Bonchev–Trinajstić information content (AvgIpc) is 2.96. The molecule has 4 heteroatoms. The van der Waals surface area contributed by atoms with Crippen LogP contribution in [0.15, 0.2) is 47.1 Å². The number of hydrogen-bond acceptors (Lipinski definition) is 2. The van der Waals surface area contributed by atoms with Gasteiger partial charge in [0.25, 0.3) is 0 Å². The predicted octanol–water partition coefficient (Wildman–Crippen LogP) is 4.16. The Hall–Kier alpha value is -1.65. The van der Waals surface area contributed by atoms with Crippen molar-refractivity contribution in [3.05, 3.63) is 69.6 Å². The molecule has 0 aliphatic carbocycles. The highest BCUT2D eigenvalue weighted by molar-refractivity contribution is 9.10. The highest BCUT2D eigenvalue weighted by atomic mass is 79.9. The lowest BCUT2D eigenvalue weighted by molar-refractivity contribution is 0.561. The molecule has 3 nitrogen and oxygen atoms in total. The van der Waals surface area contributed by atoms with E-state index >= 15 is 0 Å². The minimum absolute atomic E-state index is 0.195. The summed E-state index contributed by atoms with van der Waals surface area (Å²) in [6, 6.07) is 13.3. The van der Waals surface area contributed by atoms with Crippen molar-refractivity contribution < 1.29 is 0 Å². The van der Waals surface area contributed by atoms with Crippen molar-refractivity contribution in [2.24, 2.45) is 0 Å². The zero-order valence-corrected chi connectivity index (χ0v) is 13.6. The number of rotatable bonds is 1. The van der Waals surface area contributed by atoms with Crippen LogP contribution in [0.3, 0.4) is 0 Å². The van der Waals surface area contributed by atoms with Crippen LogP contribution in [0.2, 0.25) is 0 Å². The highest BCUT2D eigenvalue weighted by Gasteiger charge is 2.31. The molecule has 0 spiro atoms. The number of halogens is 1. The Balaban J connectivity index is 1.96. The van der Waals surface area contributed by atoms with E-state index in [-0.39, 0.29) is 6.04 Å². The molecule has 4 rings (SSSR count). The fourth-order valence-corrected chi connectivity index (χ4v) is 3.66. The first-order valence-corrected chi connectivity index (χ1v) is 7.93. The number of aromatic nitrogens is 2. The van der Waals surface area contributed by atoms with Gasteiger partial charge in [-0.1, -0.05) is 24.3 Å². The second-order valence-corrected chi connectivity index (χ2v) is 6.52. The third-order valence-corrected chi connectivity index (χ3v) is 4.74. The van der Waals surface area contributed by atoms with Gasteiger partial charge in [0.05, 0.1) is 17.4 Å². The third kappa shape index (κ3) is 1.93. The molecule has 3 heterocycles. The predicted molar refractivity (Wildman–Crippen MR) is 87.5 cm³/mol. The number of imidazole rings is 1. The van der Waals surface area contributed by atoms with E-state index in [1.165, 1.54) is 16.8 Å². The Morgan fingerprint density at radius 1 is 1.14 bits per heavy atom. The highest BCUT2D eigenvalue weighted by Crippen LogP contribution is 2.38. The Bertz CT molecular complexity index is 837. The van der Waals surface area contributed by atoms with Gasteiger partial charge in [0.2, 0.25) is 0 Å². The number of benzene rings is 1. The molecule has 1 N–H and O–H groups in total. The van der Waals surface area contributed by atoms with E-state index in [4.69, 9.17) is 4.98 Å². The van der Waals surface area contributed by atoms with Gasteiger partial charge in [0.1, 0.15) is 5.65 Å². The Morgan fingerprint density at radius 2 is 1.90 bits per heavy atom. The average molecular weight is 342 g/mol. The third-order valence-electron chi connectivity index (χ3n) is 4.27. The first kappa shape index (κ1) is 13.0. The Kier molecular flexibility index (Phi) is 2.91. The zero-order chi connectivity index (χ0) is 14.6. The second kappa shape index (κ2) is 4.68. The summed E-state index contributed by atoms with van der Waals surface area (Å²) in [6.07, 6.45) is 2.10. The molecule has 0 radical (unpaired) electrons. The molecular weight excluding hydrogens is 326 g/mol. The summed E-state index contributed by atoms with van der Waals surface area (Å²) in [7, 11) is 0. The molecule has 2 aromatic heterocycles. The van der Waals surface area contributed by atoms with Crippen molar-refractivity contribution in [2.75, 3.05) is 0 Å².